The Morgan fingerprint density at radius 3 is 2.87 bits per heavy atom. The molecule has 2 rings (SSSR count). The highest BCUT2D eigenvalue weighted by atomic mass is 16.5. The highest BCUT2D eigenvalue weighted by Gasteiger charge is 2.21. The number of para-hydroxylation sites is 1. The van der Waals surface area contributed by atoms with Gasteiger partial charge in [-0.05, 0) is 24.5 Å². The van der Waals surface area contributed by atoms with E-state index in [9.17, 15) is 0 Å². The van der Waals surface area contributed by atoms with Gasteiger partial charge in [-0.3, -0.25) is 0 Å². The summed E-state index contributed by atoms with van der Waals surface area (Å²) < 4.78 is 5.89. The van der Waals surface area contributed by atoms with Crippen molar-refractivity contribution in [3.8, 4) is 5.75 Å². The number of rotatable bonds is 5. The molecule has 1 aromatic carbocycles. The number of hydrogen-bond acceptors (Lipinski definition) is 1. The maximum atomic E-state index is 5.89. The monoisotopic (exact) mass is 204 g/mol. The summed E-state index contributed by atoms with van der Waals surface area (Å²) in [6, 6.07) is 8.42. The smallest absolute Gasteiger partial charge is 0.123 e. The first-order valence-corrected chi connectivity index (χ1v) is 6.14. The van der Waals surface area contributed by atoms with Crippen molar-refractivity contribution >= 4 is 0 Å². The van der Waals surface area contributed by atoms with Gasteiger partial charge in [-0.25, -0.2) is 0 Å². The molecule has 0 spiro atoms. The molecule has 1 heterocycles. The zero-order chi connectivity index (χ0) is 10.5. The Morgan fingerprint density at radius 2 is 2.07 bits per heavy atom. The van der Waals surface area contributed by atoms with Gasteiger partial charge in [0.2, 0.25) is 0 Å². The van der Waals surface area contributed by atoms with Gasteiger partial charge in [0, 0.05) is 6.42 Å². The van der Waals surface area contributed by atoms with Crippen LogP contribution in [0.5, 0.6) is 5.75 Å². The van der Waals surface area contributed by atoms with Crippen LogP contribution in [0.2, 0.25) is 0 Å². The van der Waals surface area contributed by atoms with E-state index < -0.39 is 0 Å². The number of ether oxygens (including phenoxy) is 1. The van der Waals surface area contributed by atoms with Gasteiger partial charge in [-0.1, -0.05) is 44.4 Å². The molecule has 0 radical (unpaired) electrons. The fourth-order valence-electron chi connectivity index (χ4n) is 2.21. The summed E-state index contributed by atoms with van der Waals surface area (Å²) in [6.45, 7) is 2.25. The fraction of sp³-hybridized carbons (Fsp3) is 0.571. The van der Waals surface area contributed by atoms with E-state index in [4.69, 9.17) is 4.74 Å². The minimum absolute atomic E-state index is 0.444. The average Bonchev–Trinajstić information content (AvgIpc) is 2.67. The average molecular weight is 204 g/mol. The lowest BCUT2D eigenvalue weighted by Crippen LogP contribution is -2.12. The number of hydrogen-bond donors (Lipinski definition) is 0. The van der Waals surface area contributed by atoms with Crippen molar-refractivity contribution in [1.82, 2.24) is 0 Å². The van der Waals surface area contributed by atoms with Crippen molar-refractivity contribution in [1.29, 1.82) is 0 Å². The molecule has 1 heteroatoms. The van der Waals surface area contributed by atoms with E-state index in [0.717, 1.165) is 12.2 Å². The minimum Gasteiger partial charge on any atom is -0.490 e. The molecule has 0 aromatic heterocycles. The lowest BCUT2D eigenvalue weighted by molar-refractivity contribution is 0.216. The predicted molar refractivity (Wildman–Crippen MR) is 63.3 cm³/mol. The van der Waals surface area contributed by atoms with E-state index in [1.165, 1.54) is 37.7 Å². The first-order chi connectivity index (χ1) is 7.40. The van der Waals surface area contributed by atoms with E-state index >= 15 is 0 Å². The second-order valence-electron chi connectivity index (χ2n) is 4.40. The molecular weight excluding hydrogens is 184 g/mol. The summed E-state index contributed by atoms with van der Waals surface area (Å²) in [4.78, 5) is 0. The Labute approximate surface area is 92.5 Å². The van der Waals surface area contributed by atoms with E-state index in [1.807, 2.05) is 0 Å². The maximum Gasteiger partial charge on any atom is 0.123 e. The molecule has 0 N–H and O–H groups in total. The topological polar surface area (TPSA) is 9.23 Å². The second kappa shape index (κ2) is 5.20. The van der Waals surface area contributed by atoms with Crippen molar-refractivity contribution in [3.05, 3.63) is 29.8 Å². The van der Waals surface area contributed by atoms with Crippen molar-refractivity contribution in [2.45, 2.75) is 51.6 Å². The molecule has 0 saturated heterocycles. The molecule has 0 fully saturated rings. The SMILES string of the molecule is CCCCCCC1Cc2ccccc2O1. The van der Waals surface area contributed by atoms with Crippen LogP contribution in [0.25, 0.3) is 0 Å². The van der Waals surface area contributed by atoms with E-state index in [1.54, 1.807) is 0 Å². The Hall–Kier alpha value is -0.980. The molecule has 0 amide bonds. The third-order valence-corrected chi connectivity index (χ3v) is 3.09. The van der Waals surface area contributed by atoms with Crippen molar-refractivity contribution in [2.24, 2.45) is 0 Å². The van der Waals surface area contributed by atoms with Crippen LogP contribution >= 0.6 is 0 Å². The molecule has 1 aromatic rings. The van der Waals surface area contributed by atoms with Gasteiger partial charge < -0.3 is 4.74 Å². The van der Waals surface area contributed by atoms with Crippen LogP contribution in [-0.4, -0.2) is 6.10 Å². The van der Waals surface area contributed by atoms with Gasteiger partial charge in [-0.15, -0.1) is 0 Å². The van der Waals surface area contributed by atoms with Crippen molar-refractivity contribution < 1.29 is 4.74 Å². The Kier molecular flexibility index (Phi) is 3.65. The molecule has 1 aliphatic rings. The molecule has 0 saturated carbocycles. The summed E-state index contributed by atoms with van der Waals surface area (Å²) in [5.41, 5.74) is 1.39. The third kappa shape index (κ3) is 2.74. The molecule has 0 bridgehead atoms. The molecule has 0 aliphatic carbocycles. The standard InChI is InChI=1S/C14H20O/c1-2-3-4-5-9-13-11-12-8-6-7-10-14(12)15-13/h6-8,10,13H,2-5,9,11H2,1H3. The van der Waals surface area contributed by atoms with E-state index in [2.05, 4.69) is 31.2 Å². The number of fused-ring (bicyclic) bond motifs is 1. The summed E-state index contributed by atoms with van der Waals surface area (Å²) in [7, 11) is 0. The number of benzene rings is 1. The van der Waals surface area contributed by atoms with Crippen LogP contribution in [0.1, 0.15) is 44.6 Å². The molecule has 1 nitrogen and oxygen atoms in total. The molecular formula is C14H20O. The molecule has 1 aliphatic heterocycles. The zero-order valence-corrected chi connectivity index (χ0v) is 9.54. The fourth-order valence-corrected chi connectivity index (χ4v) is 2.21. The minimum atomic E-state index is 0.444. The van der Waals surface area contributed by atoms with Crippen LogP contribution in [0, 0.1) is 0 Å². The first-order valence-electron chi connectivity index (χ1n) is 6.14. The van der Waals surface area contributed by atoms with Crippen molar-refractivity contribution in [3.63, 3.8) is 0 Å². The summed E-state index contributed by atoms with van der Waals surface area (Å²) in [6.07, 6.45) is 8.11. The van der Waals surface area contributed by atoms with E-state index in [-0.39, 0.29) is 0 Å². The highest BCUT2D eigenvalue weighted by molar-refractivity contribution is 5.37. The first kappa shape index (κ1) is 10.5. The van der Waals surface area contributed by atoms with Crippen molar-refractivity contribution in [2.75, 3.05) is 0 Å². The van der Waals surface area contributed by atoms with Crippen LogP contribution in [-0.2, 0) is 6.42 Å². The van der Waals surface area contributed by atoms with Crippen LogP contribution < -0.4 is 4.74 Å². The predicted octanol–water partition coefficient (Wildman–Crippen LogP) is 3.96. The van der Waals surface area contributed by atoms with Gasteiger partial charge in [0.05, 0.1) is 0 Å². The zero-order valence-electron chi connectivity index (χ0n) is 9.54. The molecule has 1 unspecified atom stereocenters. The van der Waals surface area contributed by atoms with Crippen LogP contribution in [0.4, 0.5) is 0 Å². The van der Waals surface area contributed by atoms with Gasteiger partial charge >= 0.3 is 0 Å². The molecule has 82 valence electrons. The normalized spacial score (nSPS) is 18.6. The molecule has 1 atom stereocenters. The van der Waals surface area contributed by atoms with Gasteiger partial charge in [0.1, 0.15) is 11.9 Å². The summed E-state index contributed by atoms with van der Waals surface area (Å²) in [5, 5.41) is 0. The third-order valence-electron chi connectivity index (χ3n) is 3.09. The van der Waals surface area contributed by atoms with Gasteiger partial charge in [0.25, 0.3) is 0 Å². The Bertz CT molecular complexity index is 281. The van der Waals surface area contributed by atoms with Crippen LogP contribution in [0.15, 0.2) is 24.3 Å². The largest absolute Gasteiger partial charge is 0.490 e. The maximum absolute atomic E-state index is 5.89. The molecule has 15 heavy (non-hydrogen) atoms. The summed E-state index contributed by atoms with van der Waals surface area (Å²) >= 11 is 0. The lowest BCUT2D eigenvalue weighted by Gasteiger charge is -2.09. The van der Waals surface area contributed by atoms with Gasteiger partial charge in [0.15, 0.2) is 0 Å². The lowest BCUT2D eigenvalue weighted by atomic mass is 10.0. The van der Waals surface area contributed by atoms with Gasteiger partial charge in [-0.2, -0.15) is 0 Å². The van der Waals surface area contributed by atoms with E-state index in [0.29, 0.717) is 6.10 Å². The number of unbranched alkanes of at least 4 members (excludes halogenated alkanes) is 3. The Morgan fingerprint density at radius 1 is 1.20 bits per heavy atom. The quantitative estimate of drug-likeness (QED) is 0.660. The summed E-state index contributed by atoms with van der Waals surface area (Å²) in [5.74, 6) is 1.11. The van der Waals surface area contributed by atoms with Crippen LogP contribution in [0.3, 0.4) is 0 Å². The second-order valence-corrected chi connectivity index (χ2v) is 4.40. The Balaban J connectivity index is 1.76. The highest BCUT2D eigenvalue weighted by Crippen LogP contribution is 2.30.